The lowest BCUT2D eigenvalue weighted by molar-refractivity contribution is 0.411. The second-order valence-corrected chi connectivity index (χ2v) is 3.86. The molecule has 0 bridgehead atoms. The van der Waals surface area contributed by atoms with Gasteiger partial charge in [-0.25, -0.2) is 0 Å². The number of nitrogens with zero attached hydrogens (tertiary/aromatic N) is 2. The highest BCUT2D eigenvalue weighted by atomic mass is 14.9. The zero-order valence-electron chi connectivity index (χ0n) is 9.41. The van der Waals surface area contributed by atoms with E-state index >= 15 is 0 Å². The van der Waals surface area contributed by atoms with E-state index in [1.165, 1.54) is 0 Å². The lowest BCUT2D eigenvalue weighted by atomic mass is 10.0. The molecule has 1 aromatic heterocycles. The van der Waals surface area contributed by atoms with Crippen molar-refractivity contribution in [2.75, 3.05) is 6.54 Å². The first kappa shape index (κ1) is 11.1. The van der Waals surface area contributed by atoms with Gasteiger partial charge in [0.25, 0.3) is 0 Å². The fourth-order valence-corrected chi connectivity index (χ4v) is 1.46. The highest BCUT2D eigenvalue weighted by Gasteiger charge is 2.15. The van der Waals surface area contributed by atoms with Crippen molar-refractivity contribution in [2.45, 2.75) is 33.7 Å². The molecule has 1 N–H and O–H groups in total. The van der Waals surface area contributed by atoms with Crippen molar-refractivity contribution in [1.82, 2.24) is 15.3 Å². The van der Waals surface area contributed by atoms with E-state index in [1.807, 2.05) is 19.3 Å². The third kappa shape index (κ3) is 2.77. The van der Waals surface area contributed by atoms with Gasteiger partial charge in [-0.05, 0) is 19.4 Å². The summed E-state index contributed by atoms with van der Waals surface area (Å²) in [5.74, 6) is 0.534. The monoisotopic (exact) mass is 193 g/mol. The Labute approximate surface area is 86.0 Å². The summed E-state index contributed by atoms with van der Waals surface area (Å²) >= 11 is 0. The van der Waals surface area contributed by atoms with E-state index in [2.05, 4.69) is 36.1 Å². The van der Waals surface area contributed by atoms with Crippen LogP contribution in [-0.2, 0) is 0 Å². The fraction of sp³-hybridized carbons (Fsp3) is 0.636. The van der Waals surface area contributed by atoms with Crippen LogP contribution in [0.15, 0.2) is 12.4 Å². The standard InChI is InChI=1S/C11H19N3/c1-5-12-11(8(2)3)10-7-13-9(4)6-14-10/h6-8,11-12H,5H2,1-4H3. The normalized spacial score (nSPS) is 13.2. The van der Waals surface area contributed by atoms with E-state index in [1.54, 1.807) is 0 Å². The van der Waals surface area contributed by atoms with Crippen LogP contribution < -0.4 is 5.32 Å². The number of hydrogen-bond donors (Lipinski definition) is 1. The summed E-state index contributed by atoms with van der Waals surface area (Å²) in [6, 6.07) is 0.313. The van der Waals surface area contributed by atoms with Gasteiger partial charge >= 0.3 is 0 Å². The van der Waals surface area contributed by atoms with Crippen LogP contribution >= 0.6 is 0 Å². The summed E-state index contributed by atoms with van der Waals surface area (Å²) in [5, 5.41) is 3.42. The third-order valence-corrected chi connectivity index (χ3v) is 2.21. The van der Waals surface area contributed by atoms with E-state index in [0.717, 1.165) is 17.9 Å². The van der Waals surface area contributed by atoms with Gasteiger partial charge in [-0.15, -0.1) is 0 Å². The molecular formula is C11H19N3. The van der Waals surface area contributed by atoms with E-state index in [4.69, 9.17) is 0 Å². The maximum Gasteiger partial charge on any atom is 0.0758 e. The molecule has 0 saturated carbocycles. The third-order valence-electron chi connectivity index (χ3n) is 2.21. The Hall–Kier alpha value is -0.960. The quantitative estimate of drug-likeness (QED) is 0.795. The van der Waals surface area contributed by atoms with Crippen LogP contribution in [0.1, 0.15) is 38.2 Å². The van der Waals surface area contributed by atoms with E-state index in [-0.39, 0.29) is 0 Å². The maximum absolute atomic E-state index is 4.39. The van der Waals surface area contributed by atoms with Crippen LogP contribution in [-0.4, -0.2) is 16.5 Å². The zero-order chi connectivity index (χ0) is 10.6. The SMILES string of the molecule is CCNC(c1cnc(C)cn1)C(C)C. The minimum Gasteiger partial charge on any atom is -0.309 e. The summed E-state index contributed by atoms with van der Waals surface area (Å²) in [6.07, 6.45) is 3.69. The first-order chi connectivity index (χ1) is 6.65. The molecule has 0 saturated heterocycles. The van der Waals surface area contributed by atoms with E-state index < -0.39 is 0 Å². The molecule has 1 aromatic rings. The first-order valence-electron chi connectivity index (χ1n) is 5.17. The number of aryl methyl sites for hydroxylation is 1. The Kier molecular flexibility index (Phi) is 4.01. The van der Waals surface area contributed by atoms with Gasteiger partial charge in [0.05, 0.1) is 23.6 Å². The minimum absolute atomic E-state index is 0.313. The van der Waals surface area contributed by atoms with Crippen molar-refractivity contribution in [3.8, 4) is 0 Å². The van der Waals surface area contributed by atoms with Gasteiger partial charge in [0.15, 0.2) is 0 Å². The summed E-state index contributed by atoms with van der Waals surface area (Å²) < 4.78 is 0. The molecule has 78 valence electrons. The van der Waals surface area contributed by atoms with Crippen molar-refractivity contribution in [2.24, 2.45) is 5.92 Å². The average Bonchev–Trinajstić information content (AvgIpc) is 2.15. The van der Waals surface area contributed by atoms with Crippen LogP contribution in [0.4, 0.5) is 0 Å². The molecular weight excluding hydrogens is 174 g/mol. The first-order valence-corrected chi connectivity index (χ1v) is 5.17. The van der Waals surface area contributed by atoms with E-state index in [0.29, 0.717) is 12.0 Å². The number of hydrogen-bond acceptors (Lipinski definition) is 3. The van der Waals surface area contributed by atoms with Crippen molar-refractivity contribution < 1.29 is 0 Å². The van der Waals surface area contributed by atoms with Gasteiger partial charge in [-0.2, -0.15) is 0 Å². The highest BCUT2D eigenvalue weighted by molar-refractivity contribution is 5.06. The van der Waals surface area contributed by atoms with Crippen molar-refractivity contribution in [3.63, 3.8) is 0 Å². The second kappa shape index (κ2) is 5.05. The highest BCUT2D eigenvalue weighted by Crippen LogP contribution is 2.18. The van der Waals surface area contributed by atoms with Gasteiger partial charge in [0.2, 0.25) is 0 Å². The summed E-state index contributed by atoms with van der Waals surface area (Å²) in [4.78, 5) is 8.66. The Bertz CT molecular complexity index is 266. The Morgan fingerprint density at radius 2 is 2.00 bits per heavy atom. The minimum atomic E-state index is 0.313. The molecule has 0 amide bonds. The Balaban J connectivity index is 2.82. The second-order valence-electron chi connectivity index (χ2n) is 3.86. The molecule has 1 unspecified atom stereocenters. The molecule has 1 atom stereocenters. The topological polar surface area (TPSA) is 37.8 Å². The summed E-state index contributed by atoms with van der Waals surface area (Å²) in [5.41, 5.74) is 2.00. The molecule has 1 heterocycles. The Morgan fingerprint density at radius 3 is 2.43 bits per heavy atom. The van der Waals surface area contributed by atoms with Crippen molar-refractivity contribution in [1.29, 1.82) is 0 Å². The Morgan fingerprint density at radius 1 is 1.29 bits per heavy atom. The molecule has 0 radical (unpaired) electrons. The molecule has 1 rings (SSSR count). The molecule has 0 aliphatic heterocycles. The lowest BCUT2D eigenvalue weighted by Gasteiger charge is -2.20. The molecule has 0 spiro atoms. The number of rotatable bonds is 4. The van der Waals surface area contributed by atoms with E-state index in [9.17, 15) is 0 Å². The van der Waals surface area contributed by atoms with Gasteiger partial charge in [-0.1, -0.05) is 20.8 Å². The number of nitrogens with one attached hydrogen (secondary N) is 1. The van der Waals surface area contributed by atoms with Crippen molar-refractivity contribution in [3.05, 3.63) is 23.8 Å². The zero-order valence-corrected chi connectivity index (χ0v) is 9.41. The van der Waals surface area contributed by atoms with Crippen LogP contribution in [0.5, 0.6) is 0 Å². The lowest BCUT2D eigenvalue weighted by Crippen LogP contribution is -2.26. The van der Waals surface area contributed by atoms with Crippen LogP contribution in [0.25, 0.3) is 0 Å². The van der Waals surface area contributed by atoms with Crippen LogP contribution in [0.3, 0.4) is 0 Å². The van der Waals surface area contributed by atoms with Crippen LogP contribution in [0.2, 0.25) is 0 Å². The molecule has 3 nitrogen and oxygen atoms in total. The van der Waals surface area contributed by atoms with Gasteiger partial charge in [-0.3, -0.25) is 9.97 Å². The number of aromatic nitrogens is 2. The largest absolute Gasteiger partial charge is 0.309 e. The average molecular weight is 193 g/mol. The summed E-state index contributed by atoms with van der Waals surface area (Å²) in [7, 11) is 0. The van der Waals surface area contributed by atoms with Gasteiger partial charge < -0.3 is 5.32 Å². The molecule has 0 aromatic carbocycles. The van der Waals surface area contributed by atoms with Crippen LogP contribution in [0, 0.1) is 12.8 Å². The maximum atomic E-state index is 4.39. The predicted molar refractivity (Wildman–Crippen MR) is 58.0 cm³/mol. The molecule has 0 aliphatic rings. The van der Waals surface area contributed by atoms with Gasteiger partial charge in [0, 0.05) is 6.20 Å². The smallest absolute Gasteiger partial charge is 0.0758 e. The summed E-state index contributed by atoms with van der Waals surface area (Å²) in [6.45, 7) is 9.40. The molecule has 0 fully saturated rings. The van der Waals surface area contributed by atoms with Crippen molar-refractivity contribution >= 4 is 0 Å². The molecule has 14 heavy (non-hydrogen) atoms. The van der Waals surface area contributed by atoms with Gasteiger partial charge in [0.1, 0.15) is 0 Å². The predicted octanol–water partition coefficient (Wildman–Crippen LogP) is 2.09. The molecule has 3 heteroatoms. The molecule has 0 aliphatic carbocycles. The fourth-order valence-electron chi connectivity index (χ4n) is 1.46.